The lowest BCUT2D eigenvalue weighted by atomic mass is 9.83. The minimum atomic E-state index is -0.793. The maximum Gasteiger partial charge on any atom is 0.264 e. The number of hydrogen-bond donors (Lipinski definition) is 2. The van der Waals surface area contributed by atoms with Crippen molar-refractivity contribution in [2.45, 2.75) is 64.2 Å². The van der Waals surface area contributed by atoms with Gasteiger partial charge in [0.1, 0.15) is 0 Å². The summed E-state index contributed by atoms with van der Waals surface area (Å²) in [5.74, 6) is -2.45. The molecule has 0 aromatic rings. The number of aliphatic hydroxyl groups excluding tert-OH is 2. The van der Waals surface area contributed by atoms with Gasteiger partial charge in [0.2, 0.25) is 11.6 Å². The average molecular weight is 391 g/mol. The summed E-state index contributed by atoms with van der Waals surface area (Å²) in [5, 5.41) is 17.6. The molecule has 0 heterocycles. The Morgan fingerprint density at radius 3 is 2.11 bits per heavy atom. The van der Waals surface area contributed by atoms with E-state index in [1.807, 2.05) is 0 Å². The molecule has 28 heavy (non-hydrogen) atoms. The summed E-state index contributed by atoms with van der Waals surface area (Å²) >= 11 is 0. The summed E-state index contributed by atoms with van der Waals surface area (Å²) < 4.78 is 0. The highest BCUT2D eigenvalue weighted by Gasteiger charge is 2.55. The van der Waals surface area contributed by atoms with Crippen LogP contribution in [0.1, 0.15) is 64.2 Å². The van der Waals surface area contributed by atoms with Crippen molar-refractivity contribution in [3.63, 3.8) is 0 Å². The molecule has 5 nitrogen and oxygen atoms in total. The molecular formula is C23H34O5. The minimum absolute atomic E-state index is 0.0210. The SMILES string of the molecule is O=C1C(=O)[C@@H]2C[C@@H](C1=O)C(C/C=C\CCCCO)C2C=CCCCCCCO. The maximum absolute atomic E-state index is 12.3. The largest absolute Gasteiger partial charge is 0.396 e. The van der Waals surface area contributed by atoms with E-state index in [-0.39, 0.29) is 36.9 Å². The molecule has 2 aliphatic rings. The molecule has 0 saturated heterocycles. The van der Waals surface area contributed by atoms with Gasteiger partial charge < -0.3 is 10.2 Å². The Balaban J connectivity index is 1.96. The molecule has 0 aliphatic heterocycles. The Bertz CT molecular complexity index is 592. The quantitative estimate of drug-likeness (QED) is 0.286. The van der Waals surface area contributed by atoms with Crippen LogP contribution in [-0.2, 0) is 14.4 Å². The van der Waals surface area contributed by atoms with E-state index < -0.39 is 17.3 Å². The van der Waals surface area contributed by atoms with E-state index in [0.29, 0.717) is 12.8 Å². The standard InChI is InChI=1S/C23H34O5/c24-14-10-6-2-1-4-8-12-17-18(13-9-5-3-7-11-15-25)20-16-19(17)21(26)23(28)22(20)27/h5,8-9,12,17-20,24-25H,1-4,6-7,10-11,13-16H2/b9-5-,12-8?/t17?,18?,19-,20-/m1/s1. The second-order valence-corrected chi connectivity index (χ2v) is 8.03. The summed E-state index contributed by atoms with van der Waals surface area (Å²) in [6.45, 7) is 0.437. The number of carbonyl (C=O) groups excluding carboxylic acids is 3. The van der Waals surface area contributed by atoms with Crippen LogP contribution in [0.2, 0.25) is 0 Å². The molecule has 2 unspecified atom stereocenters. The first-order chi connectivity index (χ1) is 13.6. The number of carbonyl (C=O) groups is 3. The zero-order valence-corrected chi connectivity index (χ0v) is 16.7. The average Bonchev–Trinajstić information content (AvgIpc) is 3.03. The zero-order chi connectivity index (χ0) is 20.4. The van der Waals surface area contributed by atoms with Gasteiger partial charge in [0.25, 0.3) is 5.78 Å². The van der Waals surface area contributed by atoms with Crippen molar-refractivity contribution in [1.82, 2.24) is 0 Å². The monoisotopic (exact) mass is 390 g/mol. The van der Waals surface area contributed by atoms with E-state index in [1.54, 1.807) is 0 Å². The van der Waals surface area contributed by atoms with E-state index in [4.69, 9.17) is 10.2 Å². The molecule has 2 N–H and O–H groups in total. The van der Waals surface area contributed by atoms with Crippen molar-refractivity contribution in [2.24, 2.45) is 23.7 Å². The Morgan fingerprint density at radius 1 is 0.750 bits per heavy atom. The number of allylic oxidation sites excluding steroid dienone is 4. The molecule has 156 valence electrons. The smallest absolute Gasteiger partial charge is 0.264 e. The number of aliphatic hydroxyl groups is 2. The molecule has 0 radical (unpaired) electrons. The Morgan fingerprint density at radius 2 is 1.36 bits per heavy atom. The zero-order valence-electron chi connectivity index (χ0n) is 16.7. The van der Waals surface area contributed by atoms with Crippen LogP contribution in [-0.4, -0.2) is 40.8 Å². The lowest BCUT2D eigenvalue weighted by molar-refractivity contribution is -0.149. The summed E-state index contributed by atoms with van der Waals surface area (Å²) in [6.07, 6.45) is 17.0. The third-order valence-corrected chi connectivity index (χ3v) is 6.10. The fourth-order valence-corrected chi connectivity index (χ4v) is 4.54. The van der Waals surface area contributed by atoms with Crippen LogP contribution < -0.4 is 0 Å². The van der Waals surface area contributed by atoms with Crippen LogP contribution in [0.4, 0.5) is 0 Å². The molecule has 2 saturated carbocycles. The Labute approximate surface area is 167 Å². The third kappa shape index (κ3) is 5.95. The van der Waals surface area contributed by atoms with Crippen molar-refractivity contribution in [2.75, 3.05) is 13.2 Å². The maximum atomic E-state index is 12.3. The Kier molecular flexibility index (Phi) is 9.79. The minimum Gasteiger partial charge on any atom is -0.396 e. The van der Waals surface area contributed by atoms with Crippen LogP contribution in [0.3, 0.4) is 0 Å². The highest BCUT2D eigenvalue weighted by atomic mass is 16.3. The van der Waals surface area contributed by atoms with Crippen LogP contribution in [0.5, 0.6) is 0 Å². The predicted octanol–water partition coefficient (Wildman–Crippen LogP) is 3.18. The molecule has 0 aromatic carbocycles. The van der Waals surface area contributed by atoms with Crippen molar-refractivity contribution < 1.29 is 24.6 Å². The summed E-state index contributed by atoms with van der Waals surface area (Å²) in [4.78, 5) is 36.7. The van der Waals surface area contributed by atoms with Gasteiger partial charge in [-0.1, -0.05) is 37.1 Å². The van der Waals surface area contributed by atoms with Gasteiger partial charge in [0.05, 0.1) is 0 Å². The van der Waals surface area contributed by atoms with E-state index in [9.17, 15) is 14.4 Å². The molecule has 4 atom stereocenters. The van der Waals surface area contributed by atoms with Gasteiger partial charge in [-0.05, 0) is 63.2 Å². The fraction of sp³-hybridized carbons (Fsp3) is 0.696. The van der Waals surface area contributed by atoms with Gasteiger partial charge in [0, 0.05) is 25.0 Å². The molecule has 2 aliphatic carbocycles. The van der Waals surface area contributed by atoms with Crippen LogP contribution in [0, 0.1) is 23.7 Å². The van der Waals surface area contributed by atoms with E-state index in [2.05, 4.69) is 24.3 Å². The van der Waals surface area contributed by atoms with Crippen LogP contribution in [0.25, 0.3) is 0 Å². The second-order valence-electron chi connectivity index (χ2n) is 8.03. The number of fused-ring (bicyclic) bond motifs is 2. The molecular weight excluding hydrogens is 356 g/mol. The topological polar surface area (TPSA) is 91.7 Å². The van der Waals surface area contributed by atoms with Gasteiger partial charge in [0.15, 0.2) is 0 Å². The van der Waals surface area contributed by atoms with Crippen molar-refractivity contribution >= 4 is 17.3 Å². The summed E-state index contributed by atoms with van der Waals surface area (Å²) in [6, 6.07) is 0. The number of ketones is 3. The van der Waals surface area contributed by atoms with Gasteiger partial charge in [-0.25, -0.2) is 0 Å². The number of unbranched alkanes of at least 4 members (excludes halogenated alkanes) is 6. The number of hydrogen-bond acceptors (Lipinski definition) is 5. The Hall–Kier alpha value is -1.59. The van der Waals surface area contributed by atoms with Crippen molar-refractivity contribution in [1.29, 1.82) is 0 Å². The first-order valence-corrected chi connectivity index (χ1v) is 10.8. The molecule has 0 aromatic heterocycles. The summed E-state index contributed by atoms with van der Waals surface area (Å²) in [7, 11) is 0. The molecule has 2 bridgehead atoms. The predicted molar refractivity (Wildman–Crippen MR) is 108 cm³/mol. The van der Waals surface area contributed by atoms with Gasteiger partial charge in [-0.2, -0.15) is 0 Å². The first kappa shape index (κ1) is 22.7. The molecule has 2 fully saturated rings. The van der Waals surface area contributed by atoms with Gasteiger partial charge in [-0.15, -0.1) is 0 Å². The lowest BCUT2D eigenvalue weighted by Crippen LogP contribution is -2.38. The molecule has 0 spiro atoms. The molecule has 0 amide bonds. The number of Topliss-reactive ketones (excluding diaryl/α,β-unsaturated/α-hetero) is 3. The van der Waals surface area contributed by atoms with E-state index in [1.165, 1.54) is 0 Å². The lowest BCUT2D eigenvalue weighted by Gasteiger charge is -2.19. The fourth-order valence-electron chi connectivity index (χ4n) is 4.54. The van der Waals surface area contributed by atoms with Crippen LogP contribution >= 0.6 is 0 Å². The van der Waals surface area contributed by atoms with E-state index in [0.717, 1.165) is 51.4 Å². The highest BCUT2D eigenvalue weighted by molar-refractivity contribution is 6.65. The van der Waals surface area contributed by atoms with Crippen molar-refractivity contribution in [3.8, 4) is 0 Å². The van der Waals surface area contributed by atoms with Gasteiger partial charge in [-0.3, -0.25) is 14.4 Å². The van der Waals surface area contributed by atoms with Gasteiger partial charge >= 0.3 is 0 Å². The van der Waals surface area contributed by atoms with E-state index >= 15 is 0 Å². The molecule has 2 rings (SSSR count). The molecule has 5 heteroatoms. The number of rotatable bonds is 13. The second kappa shape index (κ2) is 12.1. The summed E-state index contributed by atoms with van der Waals surface area (Å²) in [5.41, 5.74) is 0. The normalized spacial score (nSPS) is 27.6. The third-order valence-electron chi connectivity index (χ3n) is 6.10. The van der Waals surface area contributed by atoms with Crippen LogP contribution in [0.15, 0.2) is 24.3 Å². The first-order valence-electron chi connectivity index (χ1n) is 10.8. The highest BCUT2D eigenvalue weighted by Crippen LogP contribution is 2.48. The van der Waals surface area contributed by atoms with Crippen molar-refractivity contribution in [3.05, 3.63) is 24.3 Å².